The summed E-state index contributed by atoms with van der Waals surface area (Å²) in [6.07, 6.45) is 1.08. The third-order valence-corrected chi connectivity index (χ3v) is 3.70. The predicted molar refractivity (Wildman–Crippen MR) is 72.8 cm³/mol. The highest BCUT2D eigenvalue weighted by molar-refractivity contribution is 7.88. The van der Waals surface area contributed by atoms with Gasteiger partial charge in [0.15, 0.2) is 0 Å². The molecular weight excluding hydrogens is 254 g/mol. The van der Waals surface area contributed by atoms with E-state index < -0.39 is 10.0 Å². The van der Waals surface area contributed by atoms with E-state index in [1.807, 2.05) is 27.9 Å². The Balaban J connectivity index is 4.20. The molecule has 0 aliphatic carbocycles. The second-order valence-corrected chi connectivity index (χ2v) is 7.79. The maximum atomic E-state index is 11.6. The molecule has 0 atom stereocenters. The van der Waals surface area contributed by atoms with Crippen LogP contribution in [-0.4, -0.2) is 70.6 Å². The molecule has 0 radical (unpaired) electrons. The summed E-state index contributed by atoms with van der Waals surface area (Å²) in [6, 6.07) is 0. The summed E-state index contributed by atoms with van der Waals surface area (Å²) in [7, 11) is 2.03. The van der Waals surface area contributed by atoms with Gasteiger partial charge in [-0.1, -0.05) is 13.8 Å². The van der Waals surface area contributed by atoms with Crippen LogP contribution in [0.25, 0.3) is 0 Å². The lowest BCUT2D eigenvalue weighted by Crippen LogP contribution is -2.44. The van der Waals surface area contributed by atoms with Gasteiger partial charge in [0.1, 0.15) is 0 Å². The number of likely N-dealkylation sites (N-methyl/N-ethyl adjacent to an activating group) is 1. The van der Waals surface area contributed by atoms with Crippen molar-refractivity contribution in [2.24, 2.45) is 5.41 Å². The summed E-state index contributed by atoms with van der Waals surface area (Å²) in [5.74, 6) is -0.283. The smallest absolute Gasteiger partial charge is 0.235 e. The molecule has 0 aromatic heterocycles. The van der Waals surface area contributed by atoms with E-state index in [0.717, 1.165) is 17.1 Å². The lowest BCUT2D eigenvalue weighted by molar-refractivity contribution is -0.121. The van der Waals surface area contributed by atoms with Crippen LogP contribution in [0.3, 0.4) is 0 Å². The largest absolute Gasteiger partial charge is 0.354 e. The Morgan fingerprint density at radius 3 is 2.11 bits per heavy atom. The molecule has 0 saturated heterocycles. The summed E-state index contributed by atoms with van der Waals surface area (Å²) in [5.41, 5.74) is -0.0528. The van der Waals surface area contributed by atoms with Gasteiger partial charge in [0, 0.05) is 20.1 Å². The first-order valence-corrected chi connectivity index (χ1v) is 7.61. The number of nitrogens with one attached hydrogen (secondary N) is 1. The molecule has 0 aliphatic heterocycles. The number of carbonyl (C=O) groups is 1. The van der Waals surface area contributed by atoms with Gasteiger partial charge in [-0.25, -0.2) is 8.42 Å². The van der Waals surface area contributed by atoms with Gasteiger partial charge in [-0.05, 0) is 19.5 Å². The Kier molecular flexibility index (Phi) is 6.25. The number of hydrogen-bond donors (Lipinski definition) is 1. The van der Waals surface area contributed by atoms with Crippen LogP contribution in [0, 0.1) is 5.41 Å². The molecule has 0 aromatic rings. The molecule has 0 heterocycles. The van der Waals surface area contributed by atoms with Crippen molar-refractivity contribution in [1.82, 2.24) is 14.5 Å². The van der Waals surface area contributed by atoms with E-state index in [2.05, 4.69) is 10.2 Å². The van der Waals surface area contributed by atoms with Crippen LogP contribution >= 0.6 is 0 Å². The summed E-state index contributed by atoms with van der Waals surface area (Å²) >= 11 is 0. The van der Waals surface area contributed by atoms with Gasteiger partial charge in [-0.15, -0.1) is 0 Å². The fourth-order valence-corrected chi connectivity index (χ4v) is 1.98. The highest BCUT2D eigenvalue weighted by atomic mass is 32.2. The molecule has 0 rings (SSSR count). The van der Waals surface area contributed by atoms with E-state index in [1.54, 1.807) is 0 Å². The Hall–Kier alpha value is -0.660. The monoisotopic (exact) mass is 279 g/mol. The van der Waals surface area contributed by atoms with Gasteiger partial charge in [0.05, 0.1) is 12.8 Å². The molecule has 0 fully saturated rings. The van der Waals surface area contributed by atoms with Gasteiger partial charge < -0.3 is 10.2 Å². The minimum absolute atomic E-state index is 0.0528. The van der Waals surface area contributed by atoms with Crippen molar-refractivity contribution in [2.75, 3.05) is 47.0 Å². The van der Waals surface area contributed by atoms with Gasteiger partial charge in [-0.3, -0.25) is 4.79 Å². The van der Waals surface area contributed by atoms with Crippen molar-refractivity contribution in [3.63, 3.8) is 0 Å². The number of rotatable bonds is 7. The summed E-state index contributed by atoms with van der Waals surface area (Å²) < 4.78 is 23.3. The average Bonchev–Trinajstić information content (AvgIpc) is 2.11. The number of sulfonamides is 1. The second kappa shape index (κ2) is 6.49. The van der Waals surface area contributed by atoms with E-state index >= 15 is 0 Å². The maximum absolute atomic E-state index is 11.6. The first-order chi connectivity index (χ1) is 7.94. The standard InChI is InChI=1S/C11H25N3O3S/c1-11(2,9-13(3)4)8-12-10(15)7-14(5)18(6,16)17/h7-9H2,1-6H3,(H,12,15). The fourth-order valence-electron chi connectivity index (χ4n) is 1.63. The van der Waals surface area contributed by atoms with E-state index in [9.17, 15) is 13.2 Å². The third-order valence-electron chi connectivity index (χ3n) is 2.44. The molecule has 0 bridgehead atoms. The lowest BCUT2D eigenvalue weighted by Gasteiger charge is -2.28. The summed E-state index contributed by atoms with van der Waals surface area (Å²) in [4.78, 5) is 13.7. The molecule has 0 saturated carbocycles. The average molecular weight is 279 g/mol. The Bertz CT molecular complexity index is 377. The molecule has 7 heteroatoms. The Morgan fingerprint density at radius 1 is 1.22 bits per heavy atom. The van der Waals surface area contributed by atoms with Crippen LogP contribution in [0.15, 0.2) is 0 Å². The van der Waals surface area contributed by atoms with Crippen LogP contribution in [0.1, 0.15) is 13.8 Å². The number of amides is 1. The quantitative estimate of drug-likeness (QED) is 0.687. The fraction of sp³-hybridized carbons (Fsp3) is 0.909. The molecule has 108 valence electrons. The molecule has 0 spiro atoms. The van der Waals surface area contributed by atoms with Crippen LogP contribution < -0.4 is 5.32 Å². The number of carbonyl (C=O) groups excluding carboxylic acids is 1. The van der Waals surface area contributed by atoms with Crippen molar-refractivity contribution < 1.29 is 13.2 Å². The van der Waals surface area contributed by atoms with Crippen molar-refractivity contribution in [3.8, 4) is 0 Å². The van der Waals surface area contributed by atoms with E-state index in [0.29, 0.717) is 6.54 Å². The molecule has 0 unspecified atom stereocenters. The van der Waals surface area contributed by atoms with Crippen molar-refractivity contribution in [3.05, 3.63) is 0 Å². The van der Waals surface area contributed by atoms with Crippen LogP contribution in [0.2, 0.25) is 0 Å². The lowest BCUT2D eigenvalue weighted by atomic mass is 9.93. The SMILES string of the molecule is CN(C)CC(C)(C)CNC(=O)CN(C)S(C)(=O)=O. The van der Waals surface area contributed by atoms with Gasteiger partial charge in [-0.2, -0.15) is 4.31 Å². The molecular formula is C11H25N3O3S. The van der Waals surface area contributed by atoms with Gasteiger partial charge in [0.2, 0.25) is 15.9 Å². The second-order valence-electron chi connectivity index (χ2n) is 5.70. The normalized spacial score (nSPS) is 13.1. The first-order valence-electron chi connectivity index (χ1n) is 5.77. The van der Waals surface area contributed by atoms with E-state index in [1.165, 1.54) is 7.05 Å². The van der Waals surface area contributed by atoms with E-state index in [-0.39, 0.29) is 17.9 Å². The minimum atomic E-state index is -3.31. The highest BCUT2D eigenvalue weighted by Crippen LogP contribution is 2.13. The maximum Gasteiger partial charge on any atom is 0.235 e. The van der Waals surface area contributed by atoms with Crippen molar-refractivity contribution in [2.45, 2.75) is 13.8 Å². The van der Waals surface area contributed by atoms with Crippen LogP contribution in [0.4, 0.5) is 0 Å². The number of hydrogen-bond acceptors (Lipinski definition) is 4. The topological polar surface area (TPSA) is 69.7 Å². The predicted octanol–water partition coefficient (Wildman–Crippen LogP) is -0.418. The van der Waals surface area contributed by atoms with Crippen LogP contribution in [-0.2, 0) is 14.8 Å². The van der Waals surface area contributed by atoms with Crippen LogP contribution in [0.5, 0.6) is 0 Å². The zero-order valence-electron chi connectivity index (χ0n) is 12.1. The molecule has 0 aromatic carbocycles. The summed E-state index contributed by atoms with van der Waals surface area (Å²) in [5, 5.41) is 2.76. The summed E-state index contributed by atoms with van der Waals surface area (Å²) in [6.45, 7) is 5.31. The van der Waals surface area contributed by atoms with E-state index in [4.69, 9.17) is 0 Å². The molecule has 0 aliphatic rings. The molecule has 6 nitrogen and oxygen atoms in total. The zero-order valence-corrected chi connectivity index (χ0v) is 13.0. The Labute approximate surface area is 110 Å². The molecule has 1 N–H and O–H groups in total. The Morgan fingerprint density at radius 2 is 1.72 bits per heavy atom. The first kappa shape index (κ1) is 17.3. The van der Waals surface area contributed by atoms with Crippen molar-refractivity contribution in [1.29, 1.82) is 0 Å². The third kappa shape index (κ3) is 7.62. The number of nitrogens with zero attached hydrogens (tertiary/aromatic N) is 2. The molecule has 1 amide bonds. The zero-order chi connectivity index (χ0) is 14.6. The van der Waals surface area contributed by atoms with Crippen molar-refractivity contribution >= 4 is 15.9 Å². The van der Waals surface area contributed by atoms with Gasteiger partial charge in [0.25, 0.3) is 0 Å². The van der Waals surface area contributed by atoms with Gasteiger partial charge >= 0.3 is 0 Å². The minimum Gasteiger partial charge on any atom is -0.354 e. The highest BCUT2D eigenvalue weighted by Gasteiger charge is 2.21. The molecule has 18 heavy (non-hydrogen) atoms.